The summed E-state index contributed by atoms with van der Waals surface area (Å²) in [5.41, 5.74) is -1.36. The number of halogens is 4. The van der Waals surface area contributed by atoms with Gasteiger partial charge in [-0.1, -0.05) is 12.1 Å². The van der Waals surface area contributed by atoms with Gasteiger partial charge in [0.2, 0.25) is 5.78 Å². The van der Waals surface area contributed by atoms with Crippen LogP contribution in [0.2, 0.25) is 0 Å². The van der Waals surface area contributed by atoms with Crippen molar-refractivity contribution in [3.63, 3.8) is 0 Å². The first-order valence-electron chi connectivity index (χ1n) is 3.74. The van der Waals surface area contributed by atoms with Crippen LogP contribution < -0.4 is 0 Å². The summed E-state index contributed by atoms with van der Waals surface area (Å²) in [6.45, 7) is 0. The third-order valence-corrected chi connectivity index (χ3v) is 1.80. The number of benzene rings is 1. The molecule has 1 aromatic rings. The van der Waals surface area contributed by atoms with E-state index < -0.39 is 22.8 Å². The highest BCUT2D eigenvalue weighted by Crippen LogP contribution is 2.29. The summed E-state index contributed by atoms with van der Waals surface area (Å²) in [6.07, 6.45) is -4.55. The van der Waals surface area contributed by atoms with Crippen LogP contribution in [0.25, 0.3) is 0 Å². The monoisotopic (exact) mass is 236 g/mol. The molecule has 0 unspecified atom stereocenters. The molecule has 0 saturated carbocycles. The molecule has 2 nitrogen and oxygen atoms in total. The second kappa shape index (κ2) is 4.02. The largest absolute Gasteiger partial charge is 0.416 e. The second-order valence-electron chi connectivity index (χ2n) is 2.68. The zero-order valence-electron chi connectivity index (χ0n) is 7.14. The molecule has 0 N–H and O–H groups in total. The highest BCUT2D eigenvalue weighted by atomic mass is 35.5. The summed E-state index contributed by atoms with van der Waals surface area (Å²) in [5, 5.41) is -1.31. The van der Waals surface area contributed by atoms with Crippen molar-refractivity contribution in [2.75, 3.05) is 0 Å². The Labute approximate surface area is 87.6 Å². The Kier molecular flexibility index (Phi) is 3.14. The van der Waals surface area contributed by atoms with E-state index in [9.17, 15) is 22.8 Å². The molecule has 15 heavy (non-hydrogen) atoms. The van der Waals surface area contributed by atoms with Crippen LogP contribution in [0, 0.1) is 0 Å². The molecule has 0 radical (unpaired) electrons. The molecule has 6 heteroatoms. The minimum atomic E-state index is -4.55. The Bertz CT molecular complexity index is 412. The van der Waals surface area contributed by atoms with Gasteiger partial charge >= 0.3 is 6.18 Å². The highest BCUT2D eigenvalue weighted by Gasteiger charge is 2.31. The number of rotatable bonds is 2. The summed E-state index contributed by atoms with van der Waals surface area (Å²) in [4.78, 5) is 21.4. The van der Waals surface area contributed by atoms with E-state index in [2.05, 4.69) is 0 Å². The fourth-order valence-corrected chi connectivity index (χ4v) is 1.06. The minimum Gasteiger partial charge on any atom is -0.284 e. The molecular weight excluding hydrogens is 233 g/mol. The summed E-state index contributed by atoms with van der Waals surface area (Å²) in [7, 11) is 0. The Morgan fingerprint density at radius 2 is 1.80 bits per heavy atom. The molecule has 0 spiro atoms. The number of carbonyl (C=O) groups is 2. The van der Waals surface area contributed by atoms with Crippen molar-refractivity contribution in [1.82, 2.24) is 0 Å². The van der Waals surface area contributed by atoms with Crippen LogP contribution in [-0.2, 0) is 11.0 Å². The lowest BCUT2D eigenvalue weighted by molar-refractivity contribution is -0.137. The second-order valence-corrected chi connectivity index (χ2v) is 3.02. The quantitative estimate of drug-likeness (QED) is 0.449. The van der Waals surface area contributed by atoms with Gasteiger partial charge in [0.1, 0.15) is 0 Å². The predicted molar refractivity (Wildman–Crippen MR) is 46.6 cm³/mol. The first kappa shape index (κ1) is 11.7. The van der Waals surface area contributed by atoms with Crippen LogP contribution in [-0.4, -0.2) is 11.0 Å². The lowest BCUT2D eigenvalue weighted by Crippen LogP contribution is -2.10. The maximum atomic E-state index is 12.2. The maximum absolute atomic E-state index is 12.2. The Morgan fingerprint density at radius 1 is 1.20 bits per heavy atom. The number of alkyl halides is 3. The molecule has 1 rings (SSSR count). The van der Waals surface area contributed by atoms with E-state index in [0.29, 0.717) is 6.07 Å². The molecule has 0 amide bonds. The number of hydrogen-bond donors (Lipinski definition) is 0. The van der Waals surface area contributed by atoms with Crippen molar-refractivity contribution in [1.29, 1.82) is 0 Å². The van der Waals surface area contributed by atoms with E-state index in [0.717, 1.165) is 18.2 Å². The fourth-order valence-electron chi connectivity index (χ4n) is 0.950. The van der Waals surface area contributed by atoms with Gasteiger partial charge in [-0.05, 0) is 23.7 Å². The summed E-state index contributed by atoms with van der Waals surface area (Å²) >= 11 is 4.86. The molecular formula is C9H4ClF3O2. The van der Waals surface area contributed by atoms with Crippen LogP contribution in [0.5, 0.6) is 0 Å². The van der Waals surface area contributed by atoms with Gasteiger partial charge in [0.25, 0.3) is 5.24 Å². The summed E-state index contributed by atoms with van der Waals surface area (Å²) < 4.78 is 36.6. The van der Waals surface area contributed by atoms with Crippen molar-refractivity contribution >= 4 is 22.6 Å². The third-order valence-electron chi connectivity index (χ3n) is 1.63. The molecule has 1 aromatic carbocycles. The van der Waals surface area contributed by atoms with Gasteiger partial charge in [-0.3, -0.25) is 9.59 Å². The van der Waals surface area contributed by atoms with Crippen LogP contribution in [0.1, 0.15) is 15.9 Å². The van der Waals surface area contributed by atoms with Crippen molar-refractivity contribution in [3.05, 3.63) is 35.4 Å². The van der Waals surface area contributed by atoms with Gasteiger partial charge in [-0.15, -0.1) is 0 Å². The average molecular weight is 237 g/mol. The van der Waals surface area contributed by atoms with Gasteiger partial charge in [-0.2, -0.15) is 13.2 Å². The molecule has 0 saturated heterocycles. The van der Waals surface area contributed by atoms with Gasteiger partial charge < -0.3 is 0 Å². The first-order chi connectivity index (χ1) is 6.82. The zero-order valence-corrected chi connectivity index (χ0v) is 7.89. The first-order valence-corrected chi connectivity index (χ1v) is 4.11. The maximum Gasteiger partial charge on any atom is 0.416 e. The summed E-state index contributed by atoms with van der Waals surface area (Å²) in [6, 6.07) is 3.52. The Hall–Kier alpha value is -1.36. The Balaban J connectivity index is 3.14. The highest BCUT2D eigenvalue weighted by molar-refractivity contribution is 6.83. The van der Waals surface area contributed by atoms with Crippen LogP contribution >= 0.6 is 11.6 Å². The van der Waals surface area contributed by atoms with E-state index in [-0.39, 0.29) is 5.56 Å². The number of ketones is 1. The zero-order chi connectivity index (χ0) is 11.6. The van der Waals surface area contributed by atoms with Crippen molar-refractivity contribution in [2.24, 2.45) is 0 Å². The van der Waals surface area contributed by atoms with Gasteiger partial charge in [-0.25, -0.2) is 0 Å². The molecule has 80 valence electrons. The normalized spacial score (nSPS) is 11.2. The van der Waals surface area contributed by atoms with Crippen molar-refractivity contribution in [2.45, 2.75) is 6.18 Å². The van der Waals surface area contributed by atoms with Gasteiger partial charge in [0.05, 0.1) is 5.56 Å². The molecule has 0 bridgehead atoms. The van der Waals surface area contributed by atoms with E-state index in [4.69, 9.17) is 11.6 Å². The van der Waals surface area contributed by atoms with Gasteiger partial charge in [0, 0.05) is 5.56 Å². The molecule has 0 aliphatic carbocycles. The predicted octanol–water partition coefficient (Wildman–Crippen LogP) is 2.65. The standard InChI is InChI=1S/C9H4ClF3O2/c10-8(15)7(14)5-2-1-3-6(4-5)9(11,12)13/h1-4H. The molecule has 0 atom stereocenters. The topological polar surface area (TPSA) is 34.1 Å². The smallest absolute Gasteiger partial charge is 0.284 e. The van der Waals surface area contributed by atoms with Crippen LogP contribution in [0.3, 0.4) is 0 Å². The molecule has 0 aromatic heterocycles. The molecule has 0 heterocycles. The van der Waals surface area contributed by atoms with Crippen molar-refractivity contribution < 1.29 is 22.8 Å². The molecule has 0 fully saturated rings. The van der Waals surface area contributed by atoms with Crippen molar-refractivity contribution in [3.8, 4) is 0 Å². The average Bonchev–Trinajstić information content (AvgIpc) is 2.15. The Morgan fingerprint density at radius 3 is 2.27 bits per heavy atom. The molecule has 0 aliphatic rings. The van der Waals surface area contributed by atoms with Crippen LogP contribution in [0.15, 0.2) is 24.3 Å². The number of hydrogen-bond acceptors (Lipinski definition) is 2. The fraction of sp³-hybridized carbons (Fsp3) is 0.111. The third kappa shape index (κ3) is 2.79. The minimum absolute atomic E-state index is 0.371. The molecule has 0 aliphatic heterocycles. The van der Waals surface area contributed by atoms with Crippen LogP contribution in [0.4, 0.5) is 13.2 Å². The number of Topliss-reactive ketones (excluding diaryl/α,β-unsaturated/α-hetero) is 1. The lowest BCUT2D eigenvalue weighted by atomic mass is 10.1. The SMILES string of the molecule is O=C(Cl)C(=O)c1cccc(C(F)(F)F)c1. The number of carbonyl (C=O) groups excluding carboxylic acids is 2. The van der Waals surface area contributed by atoms with Gasteiger partial charge in [0.15, 0.2) is 0 Å². The summed E-state index contributed by atoms with van der Waals surface area (Å²) in [5.74, 6) is -1.15. The van der Waals surface area contributed by atoms with E-state index in [1.807, 2.05) is 0 Å². The lowest BCUT2D eigenvalue weighted by Gasteiger charge is -2.06. The van der Waals surface area contributed by atoms with E-state index >= 15 is 0 Å². The van der Waals surface area contributed by atoms with E-state index in [1.54, 1.807) is 0 Å². The van der Waals surface area contributed by atoms with E-state index in [1.165, 1.54) is 0 Å².